The molecule has 0 saturated heterocycles. The Morgan fingerprint density at radius 1 is 0.429 bits per heavy atom. The topological polar surface area (TPSA) is 37.2 Å². The van der Waals surface area contributed by atoms with Crippen LogP contribution in [0.2, 0.25) is 0 Å². The van der Waals surface area contributed by atoms with E-state index in [0.29, 0.717) is 0 Å². The van der Waals surface area contributed by atoms with Gasteiger partial charge in [0.15, 0.2) is 0 Å². The molecule has 0 atom stereocenters. The van der Waals surface area contributed by atoms with Crippen molar-refractivity contribution in [2.24, 2.45) is 0 Å². The van der Waals surface area contributed by atoms with Crippen molar-refractivity contribution in [3.8, 4) is 5.69 Å². The molecule has 0 radical (unpaired) electrons. The number of aromatic nitrogens is 3. The Bertz CT molecular complexity index is 3130. The van der Waals surface area contributed by atoms with Gasteiger partial charge in [-0.05, 0) is 118 Å². The van der Waals surface area contributed by atoms with Crippen molar-refractivity contribution in [3.63, 3.8) is 0 Å². The fourth-order valence-corrected chi connectivity index (χ4v) is 8.89. The highest BCUT2D eigenvalue weighted by molar-refractivity contribution is 6.14. The summed E-state index contributed by atoms with van der Waals surface area (Å²) < 4.78 is 2.48. The number of para-hydroxylation sites is 1. The molecule has 56 heavy (non-hydrogen) atoms. The number of anilines is 6. The van der Waals surface area contributed by atoms with Crippen molar-refractivity contribution in [1.82, 2.24) is 14.5 Å². The van der Waals surface area contributed by atoms with Gasteiger partial charge in [-0.25, -0.2) is 9.97 Å². The Labute approximate surface area is 325 Å². The van der Waals surface area contributed by atoms with Crippen LogP contribution in [0.25, 0.3) is 49.0 Å². The molecule has 4 heterocycles. The van der Waals surface area contributed by atoms with Crippen molar-refractivity contribution < 1.29 is 0 Å². The predicted octanol–water partition coefficient (Wildman–Crippen LogP) is 13.5. The number of benzene rings is 7. The monoisotopic (exact) mass is 719 g/mol. The highest BCUT2D eigenvalue weighted by atomic mass is 15.2. The summed E-state index contributed by atoms with van der Waals surface area (Å²) in [5.74, 6) is 1.73. The van der Waals surface area contributed by atoms with Gasteiger partial charge in [0.05, 0.1) is 16.7 Å². The van der Waals surface area contributed by atoms with E-state index in [1.54, 1.807) is 0 Å². The van der Waals surface area contributed by atoms with Crippen molar-refractivity contribution >= 4 is 77.7 Å². The predicted molar refractivity (Wildman–Crippen MR) is 233 cm³/mol. The summed E-state index contributed by atoms with van der Waals surface area (Å²) in [5.41, 5.74) is 10.1. The lowest BCUT2D eigenvalue weighted by atomic mass is 9.74. The largest absolute Gasteiger partial charge is 0.309 e. The first-order valence-corrected chi connectivity index (χ1v) is 19.2. The van der Waals surface area contributed by atoms with E-state index in [0.717, 1.165) is 34.4 Å². The fraction of sp³-hybridized carbons (Fsp3) is 0.0588. The van der Waals surface area contributed by atoms with Crippen LogP contribution in [0, 0.1) is 0 Å². The molecular formula is C51H37N5. The van der Waals surface area contributed by atoms with Gasteiger partial charge < -0.3 is 4.57 Å². The number of pyridine rings is 2. The van der Waals surface area contributed by atoms with E-state index < -0.39 is 0 Å². The second-order valence-electron chi connectivity index (χ2n) is 15.2. The van der Waals surface area contributed by atoms with Crippen LogP contribution < -0.4 is 9.80 Å². The van der Waals surface area contributed by atoms with Crippen LogP contribution in [0.3, 0.4) is 0 Å². The lowest BCUT2D eigenvalue weighted by Gasteiger charge is -2.36. The zero-order chi connectivity index (χ0) is 37.4. The second kappa shape index (κ2) is 12.4. The first kappa shape index (κ1) is 32.2. The molecule has 1 aliphatic rings. The SMILES string of the molecule is CC1(C)c2ccccc2-n2c3ccc(N(c4ccc5ccccc5c4)c4ccccn4)cc3c3cc(N(c4ccc5ccccc5c4)c4ccccn4)cc1c32. The number of fused-ring (bicyclic) bond motifs is 7. The molecule has 10 aromatic rings. The van der Waals surface area contributed by atoms with Crippen LogP contribution in [0.15, 0.2) is 188 Å². The molecule has 0 aliphatic carbocycles. The Balaban J connectivity index is 1.21. The third-order valence-electron chi connectivity index (χ3n) is 11.6. The average Bonchev–Trinajstić information content (AvgIpc) is 3.57. The summed E-state index contributed by atoms with van der Waals surface area (Å²) in [5, 5.41) is 7.16. The molecule has 5 heteroatoms. The lowest BCUT2D eigenvalue weighted by Crippen LogP contribution is -2.26. The van der Waals surface area contributed by atoms with Gasteiger partial charge >= 0.3 is 0 Å². The quantitative estimate of drug-likeness (QED) is 0.171. The Morgan fingerprint density at radius 3 is 1.57 bits per heavy atom. The van der Waals surface area contributed by atoms with E-state index in [1.807, 2.05) is 24.5 Å². The molecule has 0 bridgehead atoms. The Hall–Kier alpha value is -7.24. The van der Waals surface area contributed by atoms with Gasteiger partial charge in [-0.3, -0.25) is 9.80 Å². The molecule has 0 amide bonds. The smallest absolute Gasteiger partial charge is 0.137 e. The van der Waals surface area contributed by atoms with Gasteiger partial charge in [-0.15, -0.1) is 0 Å². The molecule has 7 aromatic carbocycles. The van der Waals surface area contributed by atoms with Gasteiger partial charge in [-0.2, -0.15) is 0 Å². The summed E-state index contributed by atoms with van der Waals surface area (Å²) in [7, 11) is 0. The lowest BCUT2D eigenvalue weighted by molar-refractivity contribution is 0.630. The standard InChI is InChI=1S/C51H37N5/c1-51(2)44-17-7-8-18-47(44)56-46-26-25-40(54(48-19-9-11-27-52-48)38-23-21-34-13-3-5-15-36(34)29-38)31-42(46)43-32-41(33-45(51)50(43)56)55(49-20-10-12-28-53-49)39-24-22-35-14-4-6-16-37(35)30-39/h3-33H,1-2H3. The summed E-state index contributed by atoms with van der Waals surface area (Å²) in [6.45, 7) is 4.72. The molecule has 11 rings (SSSR count). The number of rotatable bonds is 6. The maximum Gasteiger partial charge on any atom is 0.137 e. The van der Waals surface area contributed by atoms with Gasteiger partial charge in [0.2, 0.25) is 0 Å². The third kappa shape index (κ3) is 4.94. The summed E-state index contributed by atoms with van der Waals surface area (Å²) in [4.78, 5) is 14.4. The zero-order valence-corrected chi connectivity index (χ0v) is 31.1. The maximum atomic E-state index is 4.93. The van der Waals surface area contributed by atoms with Crippen molar-refractivity contribution in [2.45, 2.75) is 19.3 Å². The minimum Gasteiger partial charge on any atom is -0.309 e. The van der Waals surface area contributed by atoms with E-state index >= 15 is 0 Å². The fourth-order valence-electron chi connectivity index (χ4n) is 8.89. The first-order chi connectivity index (χ1) is 27.5. The molecule has 1 aliphatic heterocycles. The molecule has 0 saturated carbocycles. The summed E-state index contributed by atoms with van der Waals surface area (Å²) in [6.07, 6.45) is 3.75. The van der Waals surface area contributed by atoms with Crippen molar-refractivity contribution in [2.75, 3.05) is 9.80 Å². The molecule has 0 unspecified atom stereocenters. The van der Waals surface area contributed by atoms with Crippen LogP contribution in [0.5, 0.6) is 0 Å². The molecule has 5 nitrogen and oxygen atoms in total. The molecule has 266 valence electrons. The van der Waals surface area contributed by atoms with Crippen molar-refractivity contribution in [3.05, 3.63) is 199 Å². The normalized spacial score (nSPS) is 13.0. The maximum absolute atomic E-state index is 4.93. The Kier molecular flexibility index (Phi) is 7.13. The highest BCUT2D eigenvalue weighted by Gasteiger charge is 2.36. The van der Waals surface area contributed by atoms with E-state index in [1.165, 1.54) is 60.2 Å². The van der Waals surface area contributed by atoms with E-state index in [4.69, 9.17) is 9.97 Å². The molecule has 3 aromatic heterocycles. The van der Waals surface area contributed by atoms with Gasteiger partial charge in [0.1, 0.15) is 11.6 Å². The average molecular weight is 720 g/mol. The minimum atomic E-state index is -0.275. The van der Waals surface area contributed by atoms with Crippen LogP contribution in [-0.2, 0) is 5.41 Å². The summed E-state index contributed by atoms with van der Waals surface area (Å²) >= 11 is 0. The number of hydrogen-bond acceptors (Lipinski definition) is 4. The van der Waals surface area contributed by atoms with Crippen LogP contribution >= 0.6 is 0 Å². The Morgan fingerprint density at radius 2 is 0.946 bits per heavy atom. The minimum absolute atomic E-state index is 0.275. The van der Waals surface area contributed by atoms with Crippen LogP contribution in [-0.4, -0.2) is 14.5 Å². The molecular weight excluding hydrogens is 683 g/mol. The van der Waals surface area contributed by atoms with Gasteiger partial charge in [-0.1, -0.05) is 105 Å². The third-order valence-corrected chi connectivity index (χ3v) is 11.6. The highest BCUT2D eigenvalue weighted by Crippen LogP contribution is 2.51. The number of hydrogen-bond donors (Lipinski definition) is 0. The van der Waals surface area contributed by atoms with E-state index in [2.05, 4.69) is 192 Å². The molecule has 0 spiro atoms. The van der Waals surface area contributed by atoms with Crippen molar-refractivity contribution in [1.29, 1.82) is 0 Å². The van der Waals surface area contributed by atoms with Crippen LogP contribution in [0.1, 0.15) is 25.0 Å². The van der Waals surface area contributed by atoms with Gasteiger partial charge in [0, 0.05) is 51.3 Å². The van der Waals surface area contributed by atoms with Gasteiger partial charge in [0.25, 0.3) is 0 Å². The zero-order valence-electron chi connectivity index (χ0n) is 31.1. The van der Waals surface area contributed by atoms with Crippen LogP contribution in [0.4, 0.5) is 34.4 Å². The molecule has 0 N–H and O–H groups in total. The van der Waals surface area contributed by atoms with E-state index in [9.17, 15) is 0 Å². The second-order valence-corrected chi connectivity index (χ2v) is 15.2. The molecule has 0 fully saturated rings. The summed E-state index contributed by atoms with van der Waals surface area (Å²) in [6, 6.07) is 63.2. The first-order valence-electron chi connectivity index (χ1n) is 19.2. The number of nitrogens with zero attached hydrogens (tertiary/aromatic N) is 5. The van der Waals surface area contributed by atoms with E-state index in [-0.39, 0.29) is 5.41 Å².